The van der Waals surface area contributed by atoms with Gasteiger partial charge in [0.2, 0.25) is 0 Å². The van der Waals surface area contributed by atoms with Crippen LogP contribution in [0.25, 0.3) is 0 Å². The first-order chi connectivity index (χ1) is 10.0. The molecule has 0 spiro atoms. The van der Waals surface area contributed by atoms with Gasteiger partial charge < -0.3 is 10.1 Å². The molecule has 2 aromatic rings. The van der Waals surface area contributed by atoms with Gasteiger partial charge in [-0.1, -0.05) is 17.7 Å². The van der Waals surface area contributed by atoms with Crippen molar-refractivity contribution in [1.29, 1.82) is 0 Å². The molecule has 0 aliphatic heterocycles. The number of benzene rings is 1. The van der Waals surface area contributed by atoms with Crippen LogP contribution in [0.15, 0.2) is 47.1 Å². The molecular weight excluding hydrogens is 332 g/mol. The number of hydrogen-bond acceptors (Lipinski definition) is 3. The monoisotopic (exact) mass is 348 g/mol. The van der Waals surface area contributed by atoms with Gasteiger partial charge in [-0.25, -0.2) is 4.98 Å². The molecule has 0 radical (unpaired) electrons. The number of carbonyl (C=O) groups is 1. The molecule has 1 aromatic heterocycles. The van der Waals surface area contributed by atoms with Gasteiger partial charge in [0.25, 0.3) is 5.91 Å². The number of rotatable bonds is 5. The second-order valence-electron chi connectivity index (χ2n) is 4.86. The minimum Gasteiger partial charge on any atom is -0.491 e. The van der Waals surface area contributed by atoms with Crippen LogP contribution in [-0.2, 0) is 0 Å². The van der Waals surface area contributed by atoms with Crippen LogP contribution in [0.1, 0.15) is 23.0 Å². The fraction of sp³-hybridized carbons (Fsp3) is 0.250. The summed E-state index contributed by atoms with van der Waals surface area (Å²) in [5.74, 6) is 0.589. The Kier molecular flexibility index (Phi) is 5.33. The molecule has 1 heterocycles. The van der Waals surface area contributed by atoms with E-state index in [1.165, 1.54) is 5.56 Å². The average molecular weight is 349 g/mol. The van der Waals surface area contributed by atoms with E-state index >= 15 is 0 Å². The van der Waals surface area contributed by atoms with E-state index < -0.39 is 0 Å². The van der Waals surface area contributed by atoms with Crippen LogP contribution in [0, 0.1) is 6.92 Å². The van der Waals surface area contributed by atoms with Crippen LogP contribution in [0.2, 0.25) is 0 Å². The third-order valence-corrected chi connectivity index (χ3v) is 3.33. The Morgan fingerprint density at radius 2 is 2.00 bits per heavy atom. The minimum atomic E-state index is -0.206. The van der Waals surface area contributed by atoms with Crippen molar-refractivity contribution >= 4 is 21.8 Å². The molecule has 1 N–H and O–H groups in total. The van der Waals surface area contributed by atoms with E-state index in [4.69, 9.17) is 4.74 Å². The largest absolute Gasteiger partial charge is 0.491 e. The molecule has 1 unspecified atom stereocenters. The highest BCUT2D eigenvalue weighted by molar-refractivity contribution is 9.10. The first kappa shape index (κ1) is 15.5. The van der Waals surface area contributed by atoms with Crippen LogP contribution in [0.4, 0.5) is 0 Å². The van der Waals surface area contributed by atoms with E-state index in [9.17, 15) is 4.79 Å². The molecule has 4 nitrogen and oxygen atoms in total. The van der Waals surface area contributed by atoms with Crippen molar-refractivity contribution in [2.75, 3.05) is 6.61 Å². The summed E-state index contributed by atoms with van der Waals surface area (Å²) in [6.45, 7) is 4.33. The summed E-state index contributed by atoms with van der Waals surface area (Å²) in [7, 11) is 0. The van der Waals surface area contributed by atoms with Gasteiger partial charge in [-0.2, -0.15) is 0 Å². The van der Waals surface area contributed by atoms with Crippen molar-refractivity contribution < 1.29 is 9.53 Å². The van der Waals surface area contributed by atoms with E-state index in [1.54, 1.807) is 18.3 Å². The predicted octanol–water partition coefficient (Wildman–Crippen LogP) is 3.35. The lowest BCUT2D eigenvalue weighted by molar-refractivity contribution is 0.0921. The third-order valence-electron chi connectivity index (χ3n) is 2.86. The maximum Gasteiger partial charge on any atom is 0.270 e. The Balaban J connectivity index is 1.83. The van der Waals surface area contributed by atoms with E-state index in [1.807, 2.05) is 38.1 Å². The van der Waals surface area contributed by atoms with Crippen molar-refractivity contribution in [2.24, 2.45) is 0 Å². The first-order valence-corrected chi connectivity index (χ1v) is 7.46. The highest BCUT2D eigenvalue weighted by Gasteiger charge is 2.11. The lowest BCUT2D eigenvalue weighted by Crippen LogP contribution is -2.37. The Morgan fingerprint density at radius 3 is 2.62 bits per heavy atom. The number of nitrogens with one attached hydrogen (secondary N) is 1. The van der Waals surface area contributed by atoms with E-state index in [0.717, 1.165) is 10.2 Å². The van der Waals surface area contributed by atoms with Gasteiger partial charge in [0.1, 0.15) is 18.1 Å². The van der Waals surface area contributed by atoms with E-state index in [-0.39, 0.29) is 11.9 Å². The number of carbonyl (C=O) groups excluding carboxylic acids is 1. The zero-order valence-corrected chi connectivity index (χ0v) is 13.6. The average Bonchev–Trinajstić information content (AvgIpc) is 2.47. The molecule has 2 rings (SSSR count). The number of halogens is 1. The zero-order chi connectivity index (χ0) is 15.2. The molecule has 5 heteroatoms. The van der Waals surface area contributed by atoms with Gasteiger partial charge >= 0.3 is 0 Å². The van der Waals surface area contributed by atoms with E-state index in [0.29, 0.717) is 12.3 Å². The summed E-state index contributed by atoms with van der Waals surface area (Å²) in [5.41, 5.74) is 1.57. The Morgan fingerprint density at radius 1 is 1.29 bits per heavy atom. The minimum absolute atomic E-state index is 0.107. The molecule has 1 aromatic carbocycles. The summed E-state index contributed by atoms with van der Waals surface area (Å²) >= 11 is 3.29. The maximum atomic E-state index is 12.0. The number of amides is 1. The summed E-state index contributed by atoms with van der Waals surface area (Å²) in [6.07, 6.45) is 1.60. The van der Waals surface area contributed by atoms with Gasteiger partial charge in [0.15, 0.2) is 0 Å². The van der Waals surface area contributed by atoms with Crippen molar-refractivity contribution in [1.82, 2.24) is 10.3 Å². The fourth-order valence-corrected chi connectivity index (χ4v) is 1.94. The molecule has 0 saturated carbocycles. The van der Waals surface area contributed by atoms with Gasteiger partial charge in [-0.15, -0.1) is 0 Å². The topological polar surface area (TPSA) is 51.2 Å². The number of ether oxygens (including phenoxy) is 1. The van der Waals surface area contributed by atoms with Crippen LogP contribution in [-0.4, -0.2) is 23.5 Å². The Hall–Kier alpha value is -1.88. The van der Waals surface area contributed by atoms with Crippen molar-refractivity contribution in [2.45, 2.75) is 19.9 Å². The highest BCUT2D eigenvalue weighted by Crippen LogP contribution is 2.11. The molecule has 21 heavy (non-hydrogen) atoms. The Bertz CT molecular complexity index is 597. The summed E-state index contributed by atoms with van der Waals surface area (Å²) in [4.78, 5) is 16.0. The fourth-order valence-electron chi connectivity index (χ4n) is 1.71. The number of aryl methyl sites for hydroxylation is 1. The predicted molar refractivity (Wildman–Crippen MR) is 85.5 cm³/mol. The number of hydrogen-bond donors (Lipinski definition) is 1. The van der Waals surface area contributed by atoms with Gasteiger partial charge in [0, 0.05) is 10.7 Å². The molecule has 0 fully saturated rings. The molecule has 110 valence electrons. The van der Waals surface area contributed by atoms with Crippen molar-refractivity contribution in [3.05, 3.63) is 58.3 Å². The quantitative estimate of drug-likeness (QED) is 0.901. The van der Waals surface area contributed by atoms with Crippen LogP contribution in [0.3, 0.4) is 0 Å². The normalized spacial score (nSPS) is 11.8. The maximum absolute atomic E-state index is 12.0. The van der Waals surface area contributed by atoms with Crippen molar-refractivity contribution in [3.63, 3.8) is 0 Å². The van der Waals surface area contributed by atoms with Crippen LogP contribution >= 0.6 is 15.9 Å². The number of nitrogens with zero attached hydrogens (tertiary/aromatic N) is 1. The highest BCUT2D eigenvalue weighted by atomic mass is 79.9. The summed E-state index contributed by atoms with van der Waals surface area (Å²) < 4.78 is 6.48. The summed E-state index contributed by atoms with van der Waals surface area (Å²) in [5, 5.41) is 2.86. The first-order valence-electron chi connectivity index (χ1n) is 6.66. The molecule has 0 bridgehead atoms. The molecule has 0 aliphatic rings. The Labute approximate surface area is 132 Å². The molecule has 1 atom stereocenters. The molecule has 0 saturated heterocycles. The number of aromatic nitrogens is 1. The van der Waals surface area contributed by atoms with Crippen LogP contribution < -0.4 is 10.1 Å². The smallest absolute Gasteiger partial charge is 0.270 e. The molecule has 0 aliphatic carbocycles. The lowest BCUT2D eigenvalue weighted by Gasteiger charge is -2.15. The second kappa shape index (κ2) is 7.22. The second-order valence-corrected chi connectivity index (χ2v) is 5.78. The van der Waals surface area contributed by atoms with Gasteiger partial charge in [-0.05, 0) is 54.0 Å². The standard InChI is InChI=1S/C16H17BrN2O2/c1-11-3-6-14(7-4-11)21-10-12(2)19-16(20)15-8-5-13(17)9-18-15/h3-9,12H,10H2,1-2H3,(H,19,20). The van der Waals surface area contributed by atoms with Crippen molar-refractivity contribution in [3.8, 4) is 5.75 Å². The van der Waals surface area contributed by atoms with Crippen LogP contribution in [0.5, 0.6) is 5.75 Å². The third kappa shape index (κ3) is 4.86. The van der Waals surface area contributed by atoms with Gasteiger partial charge in [0.05, 0.1) is 6.04 Å². The number of pyridine rings is 1. The molecular formula is C16H17BrN2O2. The van der Waals surface area contributed by atoms with E-state index in [2.05, 4.69) is 26.2 Å². The molecule has 1 amide bonds. The zero-order valence-electron chi connectivity index (χ0n) is 12.0. The summed E-state index contributed by atoms with van der Waals surface area (Å²) in [6, 6.07) is 11.2. The SMILES string of the molecule is Cc1ccc(OCC(C)NC(=O)c2ccc(Br)cn2)cc1. The van der Waals surface area contributed by atoms with Gasteiger partial charge in [-0.3, -0.25) is 4.79 Å². The lowest BCUT2D eigenvalue weighted by atomic mass is 10.2.